The fourth-order valence-corrected chi connectivity index (χ4v) is 2.37. The molecule has 1 aliphatic rings. The summed E-state index contributed by atoms with van der Waals surface area (Å²) in [6, 6.07) is 8.80. The molecule has 2 amide bonds. The molecule has 6 heteroatoms. The zero-order valence-corrected chi connectivity index (χ0v) is 13.3. The predicted molar refractivity (Wildman–Crippen MR) is 87.7 cm³/mol. The van der Waals surface area contributed by atoms with E-state index in [2.05, 4.69) is 31.5 Å². The van der Waals surface area contributed by atoms with E-state index in [4.69, 9.17) is 0 Å². The van der Waals surface area contributed by atoms with Crippen LogP contribution in [0.5, 0.6) is 0 Å². The van der Waals surface area contributed by atoms with Crippen molar-refractivity contribution in [2.45, 2.75) is 12.8 Å². The zero-order chi connectivity index (χ0) is 15.5. The molecule has 0 unspecified atom stereocenters. The normalized spacial score (nSPS) is 13.5. The molecule has 1 aromatic carbocycles. The number of rotatable bonds is 4. The maximum Gasteiger partial charge on any atom is 0.257 e. The van der Waals surface area contributed by atoms with E-state index in [1.807, 2.05) is 0 Å². The third kappa shape index (κ3) is 3.71. The van der Waals surface area contributed by atoms with E-state index < -0.39 is 0 Å². The topological polar surface area (TPSA) is 71.1 Å². The maximum absolute atomic E-state index is 12.2. The highest BCUT2D eigenvalue weighted by molar-refractivity contribution is 9.10. The highest BCUT2D eigenvalue weighted by Gasteiger charge is 2.29. The van der Waals surface area contributed by atoms with Crippen LogP contribution in [-0.2, 0) is 4.79 Å². The molecule has 1 aromatic heterocycles. The molecule has 22 heavy (non-hydrogen) atoms. The van der Waals surface area contributed by atoms with Crippen LogP contribution in [0.3, 0.4) is 0 Å². The lowest BCUT2D eigenvalue weighted by Crippen LogP contribution is -2.15. The minimum absolute atomic E-state index is 0.0414. The fourth-order valence-electron chi connectivity index (χ4n) is 2.00. The number of hydrogen-bond acceptors (Lipinski definition) is 3. The lowest BCUT2D eigenvalue weighted by Gasteiger charge is -2.08. The van der Waals surface area contributed by atoms with Crippen LogP contribution >= 0.6 is 15.9 Å². The van der Waals surface area contributed by atoms with E-state index in [0.717, 1.165) is 17.3 Å². The quantitative estimate of drug-likeness (QED) is 0.878. The van der Waals surface area contributed by atoms with Crippen molar-refractivity contribution in [1.82, 2.24) is 4.98 Å². The van der Waals surface area contributed by atoms with E-state index >= 15 is 0 Å². The van der Waals surface area contributed by atoms with Crippen molar-refractivity contribution < 1.29 is 9.59 Å². The number of nitrogens with one attached hydrogen (secondary N) is 2. The first-order valence-electron chi connectivity index (χ1n) is 6.94. The largest absolute Gasteiger partial charge is 0.326 e. The first-order chi connectivity index (χ1) is 10.6. The van der Waals surface area contributed by atoms with Gasteiger partial charge in [0.2, 0.25) is 5.91 Å². The van der Waals surface area contributed by atoms with Gasteiger partial charge in [-0.15, -0.1) is 0 Å². The third-order valence-corrected chi connectivity index (χ3v) is 3.74. The van der Waals surface area contributed by atoms with Crippen LogP contribution in [0.15, 0.2) is 47.2 Å². The summed E-state index contributed by atoms with van der Waals surface area (Å²) in [7, 11) is 0. The molecule has 0 atom stereocenters. The lowest BCUT2D eigenvalue weighted by atomic mass is 10.2. The van der Waals surface area contributed by atoms with Crippen LogP contribution in [0.25, 0.3) is 0 Å². The Hall–Kier alpha value is -2.21. The van der Waals surface area contributed by atoms with Crippen LogP contribution in [0.1, 0.15) is 23.2 Å². The van der Waals surface area contributed by atoms with Gasteiger partial charge < -0.3 is 10.6 Å². The minimum Gasteiger partial charge on any atom is -0.326 e. The Labute approximate surface area is 136 Å². The molecule has 0 aliphatic heterocycles. The van der Waals surface area contributed by atoms with Gasteiger partial charge in [0.25, 0.3) is 5.91 Å². The molecule has 3 rings (SSSR count). The average molecular weight is 360 g/mol. The second-order valence-electron chi connectivity index (χ2n) is 5.19. The Bertz CT molecular complexity index is 729. The number of benzene rings is 1. The molecule has 0 radical (unpaired) electrons. The van der Waals surface area contributed by atoms with Gasteiger partial charge in [-0.05, 0) is 53.0 Å². The number of carbonyl (C=O) groups is 2. The molecule has 2 N–H and O–H groups in total. The van der Waals surface area contributed by atoms with Crippen molar-refractivity contribution in [3.63, 3.8) is 0 Å². The Kier molecular flexibility index (Phi) is 4.20. The molecule has 1 aliphatic carbocycles. The van der Waals surface area contributed by atoms with Crippen LogP contribution in [0.4, 0.5) is 11.4 Å². The fraction of sp³-hybridized carbons (Fsp3) is 0.188. The van der Waals surface area contributed by atoms with Crippen molar-refractivity contribution in [1.29, 1.82) is 0 Å². The predicted octanol–water partition coefficient (Wildman–Crippen LogP) is 3.44. The van der Waals surface area contributed by atoms with Crippen molar-refractivity contribution >= 4 is 39.1 Å². The molecular formula is C16H14BrN3O2. The highest BCUT2D eigenvalue weighted by atomic mass is 79.9. The first kappa shape index (κ1) is 14.7. The summed E-state index contributed by atoms with van der Waals surface area (Å²) >= 11 is 3.28. The van der Waals surface area contributed by atoms with Crippen LogP contribution in [-0.4, -0.2) is 16.8 Å². The lowest BCUT2D eigenvalue weighted by molar-refractivity contribution is -0.117. The summed E-state index contributed by atoms with van der Waals surface area (Å²) in [6.45, 7) is 0. The van der Waals surface area contributed by atoms with Crippen molar-refractivity contribution in [2.75, 3.05) is 10.6 Å². The monoisotopic (exact) mass is 359 g/mol. The van der Waals surface area contributed by atoms with Gasteiger partial charge in [0.1, 0.15) is 0 Å². The Balaban J connectivity index is 1.69. The molecule has 0 saturated heterocycles. The van der Waals surface area contributed by atoms with Crippen LogP contribution in [0.2, 0.25) is 0 Å². The SMILES string of the molecule is O=C(Nc1cccc(NC(=O)C2CC2)c1)c1cncc(Br)c1. The summed E-state index contributed by atoms with van der Waals surface area (Å²) in [5.74, 6) is -0.0647. The van der Waals surface area contributed by atoms with Gasteiger partial charge in [0, 0.05) is 34.2 Å². The van der Waals surface area contributed by atoms with E-state index in [1.54, 1.807) is 36.5 Å². The summed E-state index contributed by atoms with van der Waals surface area (Å²) in [6.07, 6.45) is 5.03. The summed E-state index contributed by atoms with van der Waals surface area (Å²) in [5.41, 5.74) is 1.77. The standard InChI is InChI=1S/C16H14BrN3O2/c17-12-6-11(8-18-9-12)16(22)20-14-3-1-2-13(7-14)19-15(21)10-4-5-10/h1-3,6-10H,4-5H2,(H,19,21)(H,20,22). The number of anilines is 2. The number of halogens is 1. The average Bonchev–Trinajstić information content (AvgIpc) is 3.32. The van der Waals surface area contributed by atoms with E-state index in [0.29, 0.717) is 16.9 Å². The van der Waals surface area contributed by atoms with E-state index in [-0.39, 0.29) is 17.7 Å². The molecular weight excluding hydrogens is 346 g/mol. The number of nitrogens with zero attached hydrogens (tertiary/aromatic N) is 1. The van der Waals surface area contributed by atoms with Crippen molar-refractivity contribution in [2.24, 2.45) is 5.92 Å². The Morgan fingerprint density at radius 2 is 1.82 bits per heavy atom. The minimum atomic E-state index is -0.250. The van der Waals surface area contributed by atoms with Gasteiger partial charge in [0.15, 0.2) is 0 Å². The molecule has 1 heterocycles. The van der Waals surface area contributed by atoms with Gasteiger partial charge in [-0.2, -0.15) is 0 Å². The highest BCUT2D eigenvalue weighted by Crippen LogP contribution is 2.30. The van der Waals surface area contributed by atoms with Gasteiger partial charge in [0.05, 0.1) is 5.56 Å². The van der Waals surface area contributed by atoms with E-state index in [9.17, 15) is 9.59 Å². The smallest absolute Gasteiger partial charge is 0.257 e. The molecule has 5 nitrogen and oxygen atoms in total. The first-order valence-corrected chi connectivity index (χ1v) is 7.74. The summed E-state index contributed by atoms with van der Waals surface area (Å²) in [4.78, 5) is 27.9. The van der Waals surface area contributed by atoms with Crippen LogP contribution < -0.4 is 10.6 Å². The number of amides is 2. The molecule has 0 spiro atoms. The molecule has 1 saturated carbocycles. The molecule has 112 valence electrons. The zero-order valence-electron chi connectivity index (χ0n) is 11.7. The van der Waals surface area contributed by atoms with Gasteiger partial charge in [-0.3, -0.25) is 14.6 Å². The number of aromatic nitrogens is 1. The van der Waals surface area contributed by atoms with Gasteiger partial charge >= 0.3 is 0 Å². The van der Waals surface area contributed by atoms with Gasteiger partial charge in [-0.25, -0.2) is 0 Å². The second-order valence-corrected chi connectivity index (χ2v) is 6.11. The molecule has 2 aromatic rings. The maximum atomic E-state index is 12.2. The van der Waals surface area contributed by atoms with Crippen molar-refractivity contribution in [3.05, 3.63) is 52.8 Å². The molecule has 1 fully saturated rings. The summed E-state index contributed by atoms with van der Waals surface area (Å²) < 4.78 is 0.741. The Morgan fingerprint density at radius 1 is 1.09 bits per heavy atom. The van der Waals surface area contributed by atoms with E-state index in [1.165, 1.54) is 6.20 Å². The Morgan fingerprint density at radius 3 is 2.50 bits per heavy atom. The number of carbonyl (C=O) groups excluding carboxylic acids is 2. The second kappa shape index (κ2) is 6.27. The number of pyridine rings is 1. The third-order valence-electron chi connectivity index (χ3n) is 3.30. The van der Waals surface area contributed by atoms with Crippen LogP contribution in [0, 0.1) is 5.92 Å². The van der Waals surface area contributed by atoms with Gasteiger partial charge in [-0.1, -0.05) is 6.07 Å². The molecule has 0 bridgehead atoms. The summed E-state index contributed by atoms with van der Waals surface area (Å²) in [5, 5.41) is 5.65. The number of hydrogen-bond donors (Lipinski definition) is 2. The van der Waals surface area contributed by atoms with Crippen molar-refractivity contribution in [3.8, 4) is 0 Å².